The van der Waals surface area contributed by atoms with E-state index in [0.29, 0.717) is 10.2 Å². The Morgan fingerprint density at radius 3 is 2.67 bits per heavy atom. The number of nitrogens with zero attached hydrogens (tertiary/aromatic N) is 1. The molecule has 1 heterocycles. The lowest BCUT2D eigenvalue weighted by Gasteiger charge is -2.17. The van der Waals surface area contributed by atoms with Gasteiger partial charge in [0.15, 0.2) is 0 Å². The van der Waals surface area contributed by atoms with Crippen LogP contribution < -0.4 is 5.32 Å². The molecule has 18 heavy (non-hydrogen) atoms. The number of hydrogen-bond donors (Lipinski definition) is 1. The van der Waals surface area contributed by atoms with Crippen molar-refractivity contribution in [3.05, 3.63) is 28.2 Å². The molecule has 0 spiro atoms. The van der Waals surface area contributed by atoms with Crippen molar-refractivity contribution in [2.24, 2.45) is 0 Å². The number of likely N-dealkylation sites (tertiary alicyclic amines) is 1. The van der Waals surface area contributed by atoms with E-state index in [1.54, 1.807) is 0 Å². The molecule has 0 bridgehead atoms. The van der Waals surface area contributed by atoms with Gasteiger partial charge in [0, 0.05) is 31.2 Å². The third-order valence-corrected chi connectivity index (χ3v) is 4.26. The SMILES string of the molecule is Fc1cc(F)c(NC2CCN(C3CC3)C2)cc1Br. The van der Waals surface area contributed by atoms with Crippen molar-refractivity contribution in [1.29, 1.82) is 0 Å². The molecule has 1 saturated carbocycles. The van der Waals surface area contributed by atoms with Crippen molar-refractivity contribution < 1.29 is 8.78 Å². The lowest BCUT2D eigenvalue weighted by molar-refractivity contribution is 0.326. The van der Waals surface area contributed by atoms with Crippen LogP contribution in [0.5, 0.6) is 0 Å². The summed E-state index contributed by atoms with van der Waals surface area (Å²) in [7, 11) is 0. The smallest absolute Gasteiger partial charge is 0.149 e. The Labute approximate surface area is 113 Å². The highest BCUT2D eigenvalue weighted by atomic mass is 79.9. The molecule has 0 amide bonds. The van der Waals surface area contributed by atoms with E-state index in [1.165, 1.54) is 18.9 Å². The fourth-order valence-electron chi connectivity index (χ4n) is 2.53. The van der Waals surface area contributed by atoms with Crippen LogP contribution in [0.15, 0.2) is 16.6 Å². The van der Waals surface area contributed by atoms with Crippen LogP contribution in [0, 0.1) is 11.6 Å². The molecule has 0 aromatic heterocycles. The second kappa shape index (κ2) is 4.78. The normalized spacial score (nSPS) is 24.5. The monoisotopic (exact) mass is 316 g/mol. The van der Waals surface area contributed by atoms with E-state index in [2.05, 4.69) is 26.1 Å². The number of benzene rings is 1. The highest BCUT2D eigenvalue weighted by Gasteiger charge is 2.34. The molecule has 2 nitrogen and oxygen atoms in total. The van der Waals surface area contributed by atoms with E-state index < -0.39 is 11.6 Å². The van der Waals surface area contributed by atoms with Crippen LogP contribution >= 0.6 is 15.9 Å². The molecule has 1 aromatic rings. The molecule has 2 fully saturated rings. The topological polar surface area (TPSA) is 15.3 Å². The predicted octanol–water partition coefficient (Wildman–Crippen LogP) is 3.38. The summed E-state index contributed by atoms with van der Waals surface area (Å²) in [4.78, 5) is 2.45. The van der Waals surface area contributed by atoms with E-state index in [4.69, 9.17) is 0 Å². The van der Waals surface area contributed by atoms with Gasteiger partial charge in [-0.2, -0.15) is 0 Å². The van der Waals surface area contributed by atoms with Gasteiger partial charge in [0.05, 0.1) is 10.2 Å². The lowest BCUT2D eigenvalue weighted by Crippen LogP contribution is -2.28. The number of halogens is 3. The third kappa shape index (κ3) is 2.52. The maximum Gasteiger partial charge on any atom is 0.149 e. The molecular formula is C13H15BrF2N2. The summed E-state index contributed by atoms with van der Waals surface area (Å²) in [5, 5.41) is 3.18. The van der Waals surface area contributed by atoms with Gasteiger partial charge >= 0.3 is 0 Å². The Hall–Kier alpha value is -0.680. The largest absolute Gasteiger partial charge is 0.379 e. The van der Waals surface area contributed by atoms with Crippen LogP contribution in [0.25, 0.3) is 0 Å². The second-order valence-corrected chi connectivity index (χ2v) is 5.96. The fraction of sp³-hybridized carbons (Fsp3) is 0.538. The van der Waals surface area contributed by atoms with Crippen molar-refractivity contribution in [2.45, 2.75) is 31.3 Å². The van der Waals surface area contributed by atoms with Gasteiger partial charge in [-0.1, -0.05) is 0 Å². The van der Waals surface area contributed by atoms with E-state index in [9.17, 15) is 8.78 Å². The molecule has 3 rings (SSSR count). The molecule has 1 atom stereocenters. The quantitative estimate of drug-likeness (QED) is 0.860. The molecule has 2 aliphatic rings. The van der Waals surface area contributed by atoms with Crippen LogP contribution in [-0.2, 0) is 0 Å². The Bertz CT molecular complexity index is 463. The molecule has 1 saturated heterocycles. The standard InChI is InChI=1S/C13H15BrF2N2/c14-10-5-13(12(16)6-11(10)15)17-8-3-4-18(7-8)9-1-2-9/h5-6,8-9,17H,1-4,7H2. The first-order valence-corrected chi connectivity index (χ1v) is 7.08. The second-order valence-electron chi connectivity index (χ2n) is 5.10. The minimum absolute atomic E-state index is 0.262. The van der Waals surface area contributed by atoms with E-state index in [-0.39, 0.29) is 6.04 Å². The van der Waals surface area contributed by atoms with E-state index >= 15 is 0 Å². The van der Waals surface area contributed by atoms with Crippen LogP contribution in [0.4, 0.5) is 14.5 Å². The number of hydrogen-bond acceptors (Lipinski definition) is 2. The van der Waals surface area contributed by atoms with Gasteiger partial charge in [-0.3, -0.25) is 4.90 Å². The molecule has 98 valence electrons. The number of rotatable bonds is 3. The summed E-state index contributed by atoms with van der Waals surface area (Å²) >= 11 is 3.08. The van der Waals surface area contributed by atoms with Gasteiger partial charge in [0.2, 0.25) is 0 Å². The van der Waals surface area contributed by atoms with Gasteiger partial charge in [-0.05, 0) is 41.3 Å². The minimum atomic E-state index is -0.566. The van der Waals surface area contributed by atoms with Gasteiger partial charge in [0.1, 0.15) is 11.6 Å². The lowest BCUT2D eigenvalue weighted by atomic mass is 10.2. The summed E-state index contributed by atoms with van der Waals surface area (Å²) in [6, 6.07) is 3.41. The van der Waals surface area contributed by atoms with Gasteiger partial charge < -0.3 is 5.32 Å². The summed E-state index contributed by atoms with van der Waals surface area (Å²) < 4.78 is 27.0. The molecule has 1 unspecified atom stereocenters. The minimum Gasteiger partial charge on any atom is -0.379 e. The Kier molecular flexibility index (Phi) is 3.28. The van der Waals surface area contributed by atoms with E-state index in [1.807, 2.05) is 0 Å². The maximum absolute atomic E-state index is 13.6. The van der Waals surface area contributed by atoms with Gasteiger partial charge in [-0.25, -0.2) is 8.78 Å². The van der Waals surface area contributed by atoms with Crippen molar-refractivity contribution in [3.8, 4) is 0 Å². The first-order chi connectivity index (χ1) is 8.63. The highest BCUT2D eigenvalue weighted by Crippen LogP contribution is 2.31. The van der Waals surface area contributed by atoms with Crippen LogP contribution in [0.2, 0.25) is 0 Å². The van der Waals surface area contributed by atoms with Crippen LogP contribution in [-0.4, -0.2) is 30.1 Å². The summed E-state index contributed by atoms with van der Waals surface area (Å²) in [6.45, 7) is 2.03. The van der Waals surface area contributed by atoms with Crippen molar-refractivity contribution >= 4 is 21.6 Å². The zero-order chi connectivity index (χ0) is 12.7. The summed E-state index contributed by atoms with van der Waals surface area (Å²) in [6.07, 6.45) is 3.61. The average Bonchev–Trinajstić information content (AvgIpc) is 3.07. The first kappa shape index (κ1) is 12.4. The molecule has 1 aliphatic carbocycles. The Balaban J connectivity index is 1.67. The molecule has 0 radical (unpaired) electrons. The predicted molar refractivity (Wildman–Crippen MR) is 70.7 cm³/mol. The Morgan fingerprint density at radius 2 is 1.94 bits per heavy atom. The molecule has 1 aromatic carbocycles. The highest BCUT2D eigenvalue weighted by molar-refractivity contribution is 9.10. The average molecular weight is 317 g/mol. The zero-order valence-electron chi connectivity index (χ0n) is 9.93. The first-order valence-electron chi connectivity index (χ1n) is 6.28. The maximum atomic E-state index is 13.6. The van der Waals surface area contributed by atoms with Crippen LogP contribution in [0.1, 0.15) is 19.3 Å². The van der Waals surface area contributed by atoms with Gasteiger partial charge in [0.25, 0.3) is 0 Å². The van der Waals surface area contributed by atoms with Crippen LogP contribution in [0.3, 0.4) is 0 Å². The van der Waals surface area contributed by atoms with Gasteiger partial charge in [-0.15, -0.1) is 0 Å². The molecule has 1 aliphatic heterocycles. The third-order valence-electron chi connectivity index (χ3n) is 3.65. The van der Waals surface area contributed by atoms with Crippen molar-refractivity contribution in [1.82, 2.24) is 4.90 Å². The molecular weight excluding hydrogens is 302 g/mol. The Morgan fingerprint density at radius 1 is 1.17 bits per heavy atom. The number of nitrogens with one attached hydrogen (secondary N) is 1. The zero-order valence-corrected chi connectivity index (χ0v) is 11.5. The molecule has 5 heteroatoms. The number of anilines is 1. The van der Waals surface area contributed by atoms with Crippen molar-refractivity contribution in [3.63, 3.8) is 0 Å². The van der Waals surface area contributed by atoms with E-state index in [0.717, 1.165) is 31.6 Å². The fourth-order valence-corrected chi connectivity index (χ4v) is 2.87. The summed E-state index contributed by atoms with van der Waals surface area (Å²) in [5.41, 5.74) is 0.380. The van der Waals surface area contributed by atoms with Crippen molar-refractivity contribution in [2.75, 3.05) is 18.4 Å². The summed E-state index contributed by atoms with van der Waals surface area (Å²) in [5.74, 6) is -1.09. The molecule has 1 N–H and O–H groups in total.